The van der Waals surface area contributed by atoms with Crippen LogP contribution in [0, 0.1) is 0 Å². The molecular weight excluding hydrogens is 220 g/mol. The average Bonchev–Trinajstić information content (AvgIpc) is 2.95. The van der Waals surface area contributed by atoms with Gasteiger partial charge in [-0.15, -0.1) is 21.5 Å². The first-order valence-electron chi connectivity index (χ1n) is 5.59. The molecule has 0 unspecified atom stereocenters. The van der Waals surface area contributed by atoms with E-state index in [9.17, 15) is 0 Å². The Kier molecular flexibility index (Phi) is 2.40. The van der Waals surface area contributed by atoms with Gasteiger partial charge < -0.3 is 10.3 Å². The fraction of sp³-hybridized carbons (Fsp3) is 0.455. The predicted molar refractivity (Wildman–Crippen MR) is 65.3 cm³/mol. The topological polar surface area (TPSA) is 56.7 Å². The van der Waals surface area contributed by atoms with E-state index in [1.165, 1.54) is 25.7 Å². The Morgan fingerprint density at radius 2 is 2.19 bits per heavy atom. The summed E-state index contributed by atoms with van der Waals surface area (Å²) >= 11 is 1.55. The van der Waals surface area contributed by atoms with E-state index in [-0.39, 0.29) is 0 Å². The first kappa shape index (κ1) is 9.84. The quantitative estimate of drug-likeness (QED) is 0.869. The summed E-state index contributed by atoms with van der Waals surface area (Å²) in [5.74, 6) is 0.922. The molecule has 1 saturated carbocycles. The summed E-state index contributed by atoms with van der Waals surface area (Å²) in [4.78, 5) is 0. The lowest BCUT2D eigenvalue weighted by Gasteiger charge is -2.13. The highest BCUT2D eigenvalue weighted by Crippen LogP contribution is 2.35. The third-order valence-electron chi connectivity index (χ3n) is 3.23. The molecule has 4 nitrogen and oxygen atoms in total. The fourth-order valence-electron chi connectivity index (χ4n) is 2.39. The van der Waals surface area contributed by atoms with Crippen LogP contribution >= 0.6 is 11.3 Å². The summed E-state index contributed by atoms with van der Waals surface area (Å²) in [7, 11) is 0. The molecule has 16 heavy (non-hydrogen) atoms. The van der Waals surface area contributed by atoms with E-state index < -0.39 is 0 Å². The first-order valence-corrected chi connectivity index (χ1v) is 6.47. The zero-order chi connectivity index (χ0) is 11.0. The third kappa shape index (κ3) is 1.51. The zero-order valence-electron chi connectivity index (χ0n) is 8.97. The zero-order valence-corrected chi connectivity index (χ0v) is 9.78. The highest BCUT2D eigenvalue weighted by Gasteiger charge is 2.21. The second kappa shape index (κ2) is 3.90. The van der Waals surface area contributed by atoms with Crippen molar-refractivity contribution in [3.8, 4) is 11.4 Å². The molecule has 1 aliphatic rings. The lowest BCUT2D eigenvalue weighted by atomic mass is 10.2. The van der Waals surface area contributed by atoms with Crippen molar-refractivity contribution in [1.29, 1.82) is 0 Å². The van der Waals surface area contributed by atoms with Crippen molar-refractivity contribution in [3.05, 3.63) is 17.8 Å². The predicted octanol–water partition coefficient (Wildman–Crippen LogP) is 2.70. The average molecular weight is 234 g/mol. The van der Waals surface area contributed by atoms with Crippen LogP contribution in [-0.2, 0) is 0 Å². The molecule has 1 aliphatic carbocycles. The van der Waals surface area contributed by atoms with Crippen molar-refractivity contribution >= 4 is 16.3 Å². The van der Waals surface area contributed by atoms with E-state index >= 15 is 0 Å². The smallest absolute Gasteiger partial charge is 0.166 e. The van der Waals surface area contributed by atoms with Crippen LogP contribution in [0.3, 0.4) is 0 Å². The molecular formula is C11H14N4S. The van der Waals surface area contributed by atoms with Crippen LogP contribution in [0.5, 0.6) is 0 Å². The maximum Gasteiger partial charge on any atom is 0.166 e. The SMILES string of the molecule is Nc1sccc1-c1nncn1C1CCCC1. The van der Waals surface area contributed by atoms with Gasteiger partial charge in [0.2, 0.25) is 0 Å². The highest BCUT2D eigenvalue weighted by molar-refractivity contribution is 7.14. The Labute approximate surface area is 98.1 Å². The lowest BCUT2D eigenvalue weighted by molar-refractivity contribution is 0.522. The third-order valence-corrected chi connectivity index (χ3v) is 3.97. The van der Waals surface area contributed by atoms with E-state index in [2.05, 4.69) is 14.8 Å². The molecule has 84 valence electrons. The molecule has 0 atom stereocenters. The molecule has 0 radical (unpaired) electrons. The molecule has 3 rings (SSSR count). The van der Waals surface area contributed by atoms with Crippen molar-refractivity contribution < 1.29 is 0 Å². The standard InChI is InChI=1S/C11H14N4S/c12-10-9(5-6-16-10)11-14-13-7-15(11)8-3-1-2-4-8/h5-8H,1-4,12H2. The van der Waals surface area contributed by atoms with Gasteiger partial charge in [-0.1, -0.05) is 12.8 Å². The summed E-state index contributed by atoms with van der Waals surface area (Å²) in [6, 6.07) is 2.58. The van der Waals surface area contributed by atoms with Gasteiger partial charge in [-0.05, 0) is 24.3 Å². The van der Waals surface area contributed by atoms with Gasteiger partial charge in [0.1, 0.15) is 6.33 Å². The summed E-state index contributed by atoms with van der Waals surface area (Å²) in [5.41, 5.74) is 6.96. The van der Waals surface area contributed by atoms with Gasteiger partial charge >= 0.3 is 0 Å². The lowest BCUT2D eigenvalue weighted by Crippen LogP contribution is -2.05. The molecule has 0 aromatic carbocycles. The number of aromatic nitrogens is 3. The molecule has 2 aromatic rings. The van der Waals surface area contributed by atoms with Gasteiger partial charge in [0, 0.05) is 6.04 Å². The molecule has 0 aliphatic heterocycles. The second-order valence-electron chi connectivity index (χ2n) is 4.20. The van der Waals surface area contributed by atoms with Crippen LogP contribution in [0.15, 0.2) is 17.8 Å². The number of thiophene rings is 1. The monoisotopic (exact) mass is 234 g/mol. The summed E-state index contributed by atoms with van der Waals surface area (Å²) in [5, 5.41) is 11.1. The molecule has 2 heterocycles. The number of nitrogens with two attached hydrogens (primary N) is 1. The van der Waals surface area contributed by atoms with Crippen molar-refractivity contribution in [1.82, 2.24) is 14.8 Å². The van der Waals surface area contributed by atoms with Gasteiger partial charge in [-0.25, -0.2) is 0 Å². The van der Waals surface area contributed by atoms with Gasteiger partial charge in [-0.2, -0.15) is 0 Å². The van der Waals surface area contributed by atoms with Crippen molar-refractivity contribution in [2.45, 2.75) is 31.7 Å². The molecule has 0 bridgehead atoms. The minimum Gasteiger partial charge on any atom is -0.390 e. The Bertz CT molecular complexity index is 482. The van der Waals surface area contributed by atoms with E-state index in [4.69, 9.17) is 5.73 Å². The van der Waals surface area contributed by atoms with Crippen LogP contribution < -0.4 is 5.73 Å². The highest BCUT2D eigenvalue weighted by atomic mass is 32.1. The summed E-state index contributed by atoms with van der Waals surface area (Å²) in [6.45, 7) is 0. The molecule has 0 spiro atoms. The summed E-state index contributed by atoms with van der Waals surface area (Å²) in [6.07, 6.45) is 6.91. The van der Waals surface area contributed by atoms with E-state index in [0.717, 1.165) is 16.4 Å². The van der Waals surface area contributed by atoms with Crippen LogP contribution in [0.25, 0.3) is 11.4 Å². The summed E-state index contributed by atoms with van der Waals surface area (Å²) < 4.78 is 2.19. The van der Waals surface area contributed by atoms with Gasteiger partial charge in [-0.3, -0.25) is 0 Å². The Morgan fingerprint density at radius 3 is 2.88 bits per heavy atom. The number of hydrogen-bond acceptors (Lipinski definition) is 4. The maximum absolute atomic E-state index is 5.94. The van der Waals surface area contributed by atoms with Crippen LogP contribution in [0.2, 0.25) is 0 Å². The van der Waals surface area contributed by atoms with Crippen LogP contribution in [0.4, 0.5) is 5.00 Å². The van der Waals surface area contributed by atoms with Crippen molar-refractivity contribution in [2.75, 3.05) is 5.73 Å². The number of nitrogens with zero attached hydrogens (tertiary/aromatic N) is 3. The number of rotatable bonds is 2. The molecule has 0 saturated heterocycles. The van der Waals surface area contributed by atoms with Gasteiger partial charge in [0.25, 0.3) is 0 Å². The van der Waals surface area contributed by atoms with Crippen molar-refractivity contribution in [2.24, 2.45) is 0 Å². The number of hydrogen-bond donors (Lipinski definition) is 1. The Hall–Kier alpha value is -1.36. The second-order valence-corrected chi connectivity index (χ2v) is 5.15. The van der Waals surface area contributed by atoms with Crippen LogP contribution in [0.1, 0.15) is 31.7 Å². The Balaban J connectivity index is 2.02. The number of anilines is 1. The van der Waals surface area contributed by atoms with E-state index in [1.54, 1.807) is 11.3 Å². The van der Waals surface area contributed by atoms with Crippen molar-refractivity contribution in [3.63, 3.8) is 0 Å². The van der Waals surface area contributed by atoms with Gasteiger partial charge in [0.05, 0.1) is 10.6 Å². The molecule has 2 N–H and O–H groups in total. The molecule has 1 fully saturated rings. The minimum absolute atomic E-state index is 0.560. The largest absolute Gasteiger partial charge is 0.390 e. The number of nitrogen functional groups attached to an aromatic ring is 1. The molecule has 2 aromatic heterocycles. The maximum atomic E-state index is 5.94. The molecule has 5 heteroatoms. The first-order chi connectivity index (χ1) is 7.86. The van der Waals surface area contributed by atoms with Gasteiger partial charge in [0.15, 0.2) is 5.82 Å². The molecule has 0 amide bonds. The van der Waals surface area contributed by atoms with E-state index in [0.29, 0.717) is 6.04 Å². The fourth-order valence-corrected chi connectivity index (χ4v) is 3.03. The van der Waals surface area contributed by atoms with Crippen LogP contribution in [-0.4, -0.2) is 14.8 Å². The minimum atomic E-state index is 0.560. The normalized spacial score (nSPS) is 17.0. The van der Waals surface area contributed by atoms with E-state index in [1.807, 2.05) is 17.8 Å². The Morgan fingerprint density at radius 1 is 1.38 bits per heavy atom.